The lowest BCUT2D eigenvalue weighted by molar-refractivity contribution is 0.370. The first-order chi connectivity index (χ1) is 18.1. The molecule has 0 bridgehead atoms. The zero-order chi connectivity index (χ0) is 27.1. The molecule has 0 saturated carbocycles. The van der Waals surface area contributed by atoms with Crippen molar-refractivity contribution >= 4 is 7.60 Å². The van der Waals surface area contributed by atoms with E-state index in [4.69, 9.17) is 15.5 Å². The number of rotatable bonds is 32. The van der Waals surface area contributed by atoms with Crippen LogP contribution in [-0.2, 0) is 4.57 Å². The number of unbranched alkanes of at least 4 members (excludes halogenated alkanes) is 29. The van der Waals surface area contributed by atoms with Gasteiger partial charge in [-0.05, 0) is 19.4 Å². The van der Waals surface area contributed by atoms with E-state index in [2.05, 4.69) is 0 Å². The highest BCUT2D eigenvalue weighted by Crippen LogP contribution is 2.35. The summed E-state index contributed by atoms with van der Waals surface area (Å²) in [5, 5.41) is 0. The van der Waals surface area contributed by atoms with Crippen LogP contribution in [-0.4, -0.2) is 22.5 Å². The van der Waals surface area contributed by atoms with Crippen LogP contribution in [0.1, 0.15) is 193 Å². The molecule has 0 atom stereocenters. The van der Waals surface area contributed by atoms with Gasteiger partial charge in [-0.25, -0.2) is 0 Å². The van der Waals surface area contributed by atoms with E-state index in [1.54, 1.807) is 0 Å². The molecule has 0 aliphatic carbocycles. The minimum Gasteiger partial charge on any atom is -0.330 e. The standard InChI is InChI=1S/C32H68NO3P/c33-31-29-27-25-23-21-19-17-15-13-11-9-7-5-3-1-2-4-6-8-10-12-14-16-18-20-22-24-26-28-30-32-37(34,35)36/h1-33H2,(H2,34,35,36). The van der Waals surface area contributed by atoms with E-state index in [-0.39, 0.29) is 6.16 Å². The lowest BCUT2D eigenvalue weighted by atomic mass is 10.0. The van der Waals surface area contributed by atoms with E-state index < -0.39 is 7.60 Å². The van der Waals surface area contributed by atoms with Crippen molar-refractivity contribution in [2.75, 3.05) is 12.7 Å². The Kier molecular flexibility index (Phi) is 30.7. The van der Waals surface area contributed by atoms with Crippen molar-refractivity contribution in [3.63, 3.8) is 0 Å². The summed E-state index contributed by atoms with van der Waals surface area (Å²) in [7, 11) is -3.77. The third kappa shape index (κ3) is 36.1. The average Bonchev–Trinajstić information content (AvgIpc) is 2.86. The first-order valence-electron chi connectivity index (χ1n) is 16.8. The van der Waals surface area contributed by atoms with E-state index >= 15 is 0 Å². The second-order valence-corrected chi connectivity index (χ2v) is 13.6. The van der Waals surface area contributed by atoms with Crippen LogP contribution in [0, 0.1) is 0 Å². The van der Waals surface area contributed by atoms with Crippen LogP contribution in [0.4, 0.5) is 0 Å². The van der Waals surface area contributed by atoms with Crippen molar-refractivity contribution in [1.29, 1.82) is 0 Å². The molecule has 0 aromatic rings. The molecule has 4 nitrogen and oxygen atoms in total. The Morgan fingerprint density at radius 3 is 0.649 bits per heavy atom. The van der Waals surface area contributed by atoms with Crippen LogP contribution < -0.4 is 5.73 Å². The first kappa shape index (κ1) is 37.1. The lowest BCUT2D eigenvalue weighted by Gasteiger charge is -2.05. The molecular weight excluding hydrogens is 477 g/mol. The highest BCUT2D eigenvalue weighted by Gasteiger charge is 2.10. The van der Waals surface area contributed by atoms with Crippen LogP contribution in [0.5, 0.6) is 0 Å². The molecule has 0 fully saturated rings. The van der Waals surface area contributed by atoms with E-state index in [0.717, 1.165) is 19.4 Å². The maximum Gasteiger partial charge on any atom is 0.325 e. The smallest absolute Gasteiger partial charge is 0.325 e. The van der Waals surface area contributed by atoms with Crippen molar-refractivity contribution in [3.8, 4) is 0 Å². The van der Waals surface area contributed by atoms with Gasteiger partial charge in [-0.15, -0.1) is 0 Å². The minimum atomic E-state index is -3.77. The van der Waals surface area contributed by atoms with Gasteiger partial charge in [0.2, 0.25) is 0 Å². The van der Waals surface area contributed by atoms with E-state index in [1.807, 2.05) is 0 Å². The molecule has 0 spiro atoms. The van der Waals surface area contributed by atoms with Crippen molar-refractivity contribution in [2.24, 2.45) is 5.73 Å². The highest BCUT2D eigenvalue weighted by atomic mass is 31.2. The molecule has 0 unspecified atom stereocenters. The third-order valence-electron chi connectivity index (χ3n) is 7.90. The predicted molar refractivity (Wildman–Crippen MR) is 164 cm³/mol. The van der Waals surface area contributed by atoms with Crippen molar-refractivity contribution < 1.29 is 14.4 Å². The Labute approximate surface area is 232 Å². The van der Waals surface area contributed by atoms with Gasteiger partial charge in [0.25, 0.3) is 0 Å². The Hall–Kier alpha value is 0.110. The zero-order valence-corrected chi connectivity index (χ0v) is 25.8. The van der Waals surface area contributed by atoms with Gasteiger partial charge in [0, 0.05) is 6.16 Å². The quantitative estimate of drug-likeness (QED) is 0.0579. The normalized spacial score (nSPS) is 12.0. The highest BCUT2D eigenvalue weighted by molar-refractivity contribution is 7.51. The van der Waals surface area contributed by atoms with Gasteiger partial charge in [0.05, 0.1) is 0 Å². The van der Waals surface area contributed by atoms with Crippen molar-refractivity contribution in [1.82, 2.24) is 0 Å². The molecule has 0 heterocycles. The molecule has 224 valence electrons. The summed E-state index contributed by atoms with van der Waals surface area (Å²) >= 11 is 0. The molecule has 37 heavy (non-hydrogen) atoms. The molecule has 5 heteroatoms. The number of hydrogen-bond acceptors (Lipinski definition) is 2. The molecule has 4 N–H and O–H groups in total. The summed E-state index contributed by atoms with van der Waals surface area (Å²) in [6.45, 7) is 0.863. The molecular formula is C32H68NO3P. The molecule has 0 aliphatic rings. The van der Waals surface area contributed by atoms with Crippen molar-refractivity contribution in [2.45, 2.75) is 193 Å². The van der Waals surface area contributed by atoms with Crippen LogP contribution in [0.25, 0.3) is 0 Å². The Bertz CT molecular complexity index is 469. The summed E-state index contributed by atoms with van der Waals surface area (Å²) in [5.74, 6) is 0. The van der Waals surface area contributed by atoms with E-state index in [0.29, 0.717) is 6.42 Å². The van der Waals surface area contributed by atoms with Crippen LogP contribution >= 0.6 is 7.60 Å². The van der Waals surface area contributed by atoms with Gasteiger partial charge in [-0.2, -0.15) is 0 Å². The average molecular weight is 546 g/mol. The molecule has 0 radical (unpaired) electrons. The monoisotopic (exact) mass is 545 g/mol. The largest absolute Gasteiger partial charge is 0.330 e. The Morgan fingerprint density at radius 1 is 0.324 bits per heavy atom. The van der Waals surface area contributed by atoms with E-state index in [1.165, 1.54) is 173 Å². The molecule has 0 aromatic carbocycles. The number of nitrogens with two attached hydrogens (primary N) is 1. The summed E-state index contributed by atoms with van der Waals surface area (Å²) < 4.78 is 10.8. The second kappa shape index (κ2) is 30.6. The summed E-state index contributed by atoms with van der Waals surface area (Å²) in [6.07, 6.45) is 40.7. The van der Waals surface area contributed by atoms with Gasteiger partial charge >= 0.3 is 7.60 Å². The third-order valence-corrected chi connectivity index (χ3v) is 8.80. The summed E-state index contributed by atoms with van der Waals surface area (Å²) in [4.78, 5) is 17.7. The first-order valence-corrected chi connectivity index (χ1v) is 18.6. The molecule has 0 aromatic heterocycles. The van der Waals surface area contributed by atoms with Gasteiger partial charge in [-0.3, -0.25) is 4.57 Å². The maximum absolute atomic E-state index is 10.8. The summed E-state index contributed by atoms with van der Waals surface area (Å²) in [5.41, 5.74) is 5.53. The Balaban J connectivity index is 3.04. The SMILES string of the molecule is NCCCCCCCCCCCCCCCCCCCCCCCCCCCCCCCCP(=O)(O)O. The van der Waals surface area contributed by atoms with Crippen LogP contribution in [0.3, 0.4) is 0 Å². The predicted octanol–water partition coefficient (Wildman–Crippen LogP) is 10.8. The molecule has 0 aliphatic heterocycles. The van der Waals surface area contributed by atoms with Crippen LogP contribution in [0.2, 0.25) is 0 Å². The Morgan fingerprint density at radius 2 is 0.486 bits per heavy atom. The van der Waals surface area contributed by atoms with Crippen LogP contribution in [0.15, 0.2) is 0 Å². The second-order valence-electron chi connectivity index (χ2n) is 11.8. The zero-order valence-electron chi connectivity index (χ0n) is 25.0. The molecule has 0 saturated heterocycles. The van der Waals surface area contributed by atoms with Gasteiger partial charge in [0.1, 0.15) is 0 Å². The fourth-order valence-corrected chi connectivity index (χ4v) is 6.05. The van der Waals surface area contributed by atoms with Gasteiger partial charge in [0.15, 0.2) is 0 Å². The topological polar surface area (TPSA) is 83.6 Å². The maximum atomic E-state index is 10.8. The van der Waals surface area contributed by atoms with E-state index in [9.17, 15) is 4.57 Å². The summed E-state index contributed by atoms with van der Waals surface area (Å²) in [6, 6.07) is 0. The molecule has 0 rings (SSSR count). The fraction of sp³-hybridized carbons (Fsp3) is 1.00. The lowest BCUT2D eigenvalue weighted by Crippen LogP contribution is -1.97. The minimum absolute atomic E-state index is 0.0602. The van der Waals surface area contributed by atoms with Gasteiger partial charge in [-0.1, -0.05) is 180 Å². The van der Waals surface area contributed by atoms with Crippen molar-refractivity contribution in [3.05, 3.63) is 0 Å². The fourth-order valence-electron chi connectivity index (χ4n) is 5.41. The number of hydrogen-bond donors (Lipinski definition) is 3. The van der Waals surface area contributed by atoms with Gasteiger partial charge < -0.3 is 15.5 Å². The molecule has 0 amide bonds.